The molecule has 1 aliphatic carbocycles. The number of piperazine rings is 1. The highest BCUT2D eigenvalue weighted by Crippen LogP contribution is 2.23. The lowest BCUT2D eigenvalue weighted by Gasteiger charge is -2.37. The number of ether oxygens (including phenoxy) is 2. The van der Waals surface area contributed by atoms with E-state index in [2.05, 4.69) is 27.2 Å². The first kappa shape index (κ1) is 23.4. The van der Waals surface area contributed by atoms with E-state index in [-0.39, 0.29) is 18.7 Å². The van der Waals surface area contributed by atoms with Gasteiger partial charge in [0.05, 0.1) is 0 Å². The summed E-state index contributed by atoms with van der Waals surface area (Å²) in [7, 11) is 0. The van der Waals surface area contributed by atoms with Gasteiger partial charge in [0.15, 0.2) is 6.61 Å². The lowest BCUT2D eigenvalue weighted by Crippen LogP contribution is -2.47. The molecule has 6 nitrogen and oxygen atoms in total. The van der Waals surface area contributed by atoms with Crippen molar-refractivity contribution in [1.82, 2.24) is 10.2 Å². The third-order valence-electron chi connectivity index (χ3n) is 7.34. The van der Waals surface area contributed by atoms with Crippen LogP contribution in [0.5, 0.6) is 5.75 Å². The van der Waals surface area contributed by atoms with Gasteiger partial charge in [-0.15, -0.1) is 0 Å². The summed E-state index contributed by atoms with van der Waals surface area (Å²) in [5.74, 6) is 1.39. The van der Waals surface area contributed by atoms with Crippen molar-refractivity contribution in [1.29, 1.82) is 0 Å². The fourth-order valence-corrected chi connectivity index (χ4v) is 5.24. The number of hydrogen-bond acceptors (Lipinski definition) is 6. The van der Waals surface area contributed by atoms with Crippen molar-refractivity contribution < 1.29 is 14.3 Å². The van der Waals surface area contributed by atoms with Gasteiger partial charge in [-0.1, -0.05) is 12.8 Å². The summed E-state index contributed by atoms with van der Waals surface area (Å²) >= 11 is 0. The van der Waals surface area contributed by atoms with Crippen LogP contribution in [0.3, 0.4) is 0 Å². The number of nitrogens with zero attached hydrogens (tertiary/aromatic N) is 2. The van der Waals surface area contributed by atoms with Gasteiger partial charge in [-0.05, 0) is 94.8 Å². The quantitative estimate of drug-likeness (QED) is 0.487. The van der Waals surface area contributed by atoms with Crippen LogP contribution in [0.1, 0.15) is 57.8 Å². The summed E-state index contributed by atoms with van der Waals surface area (Å²) in [5.41, 5.74) is 1.23. The van der Waals surface area contributed by atoms with Crippen molar-refractivity contribution in [3.05, 3.63) is 24.3 Å². The number of rotatable bonds is 8. The Kier molecular flexibility index (Phi) is 9.09. The van der Waals surface area contributed by atoms with E-state index < -0.39 is 0 Å². The zero-order chi connectivity index (χ0) is 22.0. The van der Waals surface area contributed by atoms with Crippen LogP contribution in [-0.4, -0.2) is 69.4 Å². The molecule has 1 aromatic rings. The average Bonchev–Trinajstić information content (AvgIpc) is 3.11. The summed E-state index contributed by atoms with van der Waals surface area (Å²) in [6.07, 6.45) is 10.9. The minimum Gasteiger partial charge on any atom is -0.482 e. The van der Waals surface area contributed by atoms with Crippen molar-refractivity contribution in [3.63, 3.8) is 0 Å². The average molecular weight is 444 g/mol. The van der Waals surface area contributed by atoms with Gasteiger partial charge >= 0.3 is 5.97 Å². The highest BCUT2D eigenvalue weighted by Gasteiger charge is 2.20. The number of esters is 1. The summed E-state index contributed by atoms with van der Waals surface area (Å²) in [4.78, 5) is 17.2. The van der Waals surface area contributed by atoms with Crippen LogP contribution in [0.2, 0.25) is 0 Å². The maximum Gasteiger partial charge on any atom is 0.344 e. The molecule has 0 amide bonds. The van der Waals surface area contributed by atoms with E-state index >= 15 is 0 Å². The molecular formula is C26H41N3O3. The molecule has 1 aromatic carbocycles. The Labute approximate surface area is 193 Å². The van der Waals surface area contributed by atoms with Gasteiger partial charge in [0.25, 0.3) is 0 Å². The lowest BCUT2D eigenvalue weighted by atomic mass is 9.94. The second-order valence-corrected chi connectivity index (χ2v) is 9.70. The van der Waals surface area contributed by atoms with Crippen molar-refractivity contribution in [2.75, 3.05) is 57.3 Å². The zero-order valence-electron chi connectivity index (χ0n) is 19.6. The number of anilines is 1. The Bertz CT molecular complexity index is 674. The molecule has 0 bridgehead atoms. The van der Waals surface area contributed by atoms with Gasteiger partial charge in [-0.2, -0.15) is 0 Å². The van der Waals surface area contributed by atoms with Gasteiger partial charge in [0, 0.05) is 31.9 Å². The molecule has 32 heavy (non-hydrogen) atoms. The lowest BCUT2D eigenvalue weighted by molar-refractivity contribution is -0.152. The van der Waals surface area contributed by atoms with Gasteiger partial charge in [0.1, 0.15) is 11.9 Å². The third kappa shape index (κ3) is 7.38. The SMILES string of the molecule is O=C(COc1ccc(N2CCN(CCC3CCNCC3)CC2)cc1)OC1CCCCCC1. The number of nitrogens with one attached hydrogen (secondary N) is 1. The molecule has 0 atom stereocenters. The third-order valence-corrected chi connectivity index (χ3v) is 7.34. The Morgan fingerprint density at radius 1 is 0.906 bits per heavy atom. The Morgan fingerprint density at radius 2 is 1.59 bits per heavy atom. The molecule has 0 radical (unpaired) electrons. The van der Waals surface area contributed by atoms with Gasteiger partial charge in [-0.25, -0.2) is 4.79 Å². The summed E-state index contributed by atoms with van der Waals surface area (Å²) in [6, 6.07) is 8.16. The van der Waals surface area contributed by atoms with Crippen LogP contribution in [-0.2, 0) is 9.53 Å². The number of benzene rings is 1. The molecule has 4 rings (SSSR count). The maximum absolute atomic E-state index is 12.1. The minimum atomic E-state index is -0.249. The highest BCUT2D eigenvalue weighted by molar-refractivity contribution is 5.71. The van der Waals surface area contributed by atoms with Crippen LogP contribution in [0, 0.1) is 5.92 Å². The fourth-order valence-electron chi connectivity index (χ4n) is 5.24. The highest BCUT2D eigenvalue weighted by atomic mass is 16.6. The van der Waals surface area contributed by atoms with E-state index in [1.165, 1.54) is 57.4 Å². The van der Waals surface area contributed by atoms with Crippen molar-refractivity contribution >= 4 is 11.7 Å². The van der Waals surface area contributed by atoms with Crippen molar-refractivity contribution in [3.8, 4) is 5.75 Å². The smallest absolute Gasteiger partial charge is 0.344 e. The maximum atomic E-state index is 12.1. The molecule has 178 valence electrons. The topological polar surface area (TPSA) is 54.0 Å². The summed E-state index contributed by atoms with van der Waals surface area (Å²) in [6.45, 7) is 8.03. The number of piperidine rings is 1. The summed E-state index contributed by atoms with van der Waals surface area (Å²) < 4.78 is 11.3. The minimum absolute atomic E-state index is 0.00836. The van der Waals surface area contributed by atoms with Gasteiger partial charge in [0.2, 0.25) is 0 Å². The van der Waals surface area contributed by atoms with E-state index in [1.54, 1.807) is 0 Å². The standard InChI is InChI=1S/C26H41N3O3/c30-26(32-25-5-3-1-2-4-6-25)21-31-24-9-7-23(8-10-24)29-19-17-28(18-20-29)16-13-22-11-14-27-15-12-22/h7-10,22,25,27H,1-6,11-21H2. The van der Waals surface area contributed by atoms with Gasteiger partial charge in [-0.3, -0.25) is 4.90 Å². The van der Waals surface area contributed by atoms with Crippen LogP contribution in [0.25, 0.3) is 0 Å². The molecule has 2 heterocycles. The van der Waals surface area contributed by atoms with Crippen LogP contribution >= 0.6 is 0 Å². The second-order valence-electron chi connectivity index (χ2n) is 9.70. The first-order chi connectivity index (χ1) is 15.8. The molecule has 1 N–H and O–H groups in total. The number of hydrogen-bond donors (Lipinski definition) is 1. The van der Waals surface area contributed by atoms with Gasteiger partial charge < -0.3 is 19.7 Å². The normalized spacial score (nSPS) is 21.8. The predicted octanol–water partition coefficient (Wildman–Crippen LogP) is 3.84. The molecule has 2 saturated heterocycles. The molecule has 2 aliphatic heterocycles. The summed E-state index contributed by atoms with van der Waals surface area (Å²) in [5, 5.41) is 3.46. The molecule has 3 fully saturated rings. The zero-order valence-corrected chi connectivity index (χ0v) is 19.6. The predicted molar refractivity (Wildman–Crippen MR) is 128 cm³/mol. The molecule has 6 heteroatoms. The molecule has 1 saturated carbocycles. The molecule has 3 aliphatic rings. The molecule has 0 unspecified atom stereocenters. The van der Waals surface area contributed by atoms with E-state index in [0.717, 1.165) is 63.5 Å². The molecule has 0 aromatic heterocycles. The van der Waals surface area contributed by atoms with E-state index in [9.17, 15) is 4.79 Å². The van der Waals surface area contributed by atoms with Crippen LogP contribution in [0.15, 0.2) is 24.3 Å². The Balaban J connectivity index is 1.14. The monoisotopic (exact) mass is 443 g/mol. The van der Waals surface area contributed by atoms with Crippen molar-refractivity contribution in [2.24, 2.45) is 5.92 Å². The molecule has 0 spiro atoms. The van der Waals surface area contributed by atoms with Crippen LogP contribution < -0.4 is 15.0 Å². The number of carbonyl (C=O) groups is 1. The first-order valence-electron chi connectivity index (χ1n) is 12.9. The van der Waals surface area contributed by atoms with E-state index in [1.807, 2.05) is 12.1 Å². The van der Waals surface area contributed by atoms with Crippen LogP contribution in [0.4, 0.5) is 5.69 Å². The second kappa shape index (κ2) is 12.4. The largest absolute Gasteiger partial charge is 0.482 e. The number of carbonyl (C=O) groups excluding carboxylic acids is 1. The Hall–Kier alpha value is -1.79. The molecular weight excluding hydrogens is 402 g/mol. The fraction of sp³-hybridized carbons (Fsp3) is 0.731. The van der Waals surface area contributed by atoms with Crippen molar-refractivity contribution in [2.45, 2.75) is 63.9 Å². The Morgan fingerprint density at radius 3 is 2.28 bits per heavy atom. The van der Waals surface area contributed by atoms with E-state index in [4.69, 9.17) is 9.47 Å². The van der Waals surface area contributed by atoms with E-state index in [0.29, 0.717) is 0 Å². The first-order valence-corrected chi connectivity index (χ1v) is 12.9.